The number of nitrogen functional groups attached to an aromatic ring is 1. The second kappa shape index (κ2) is 6.50. The molecular weight excluding hydrogens is 319 g/mol. The van der Waals surface area contributed by atoms with Gasteiger partial charge >= 0.3 is 5.97 Å². The Morgan fingerprint density at radius 1 is 1.32 bits per heavy atom. The quantitative estimate of drug-likeness (QED) is 0.659. The van der Waals surface area contributed by atoms with Gasteiger partial charge in [0.05, 0.1) is 5.69 Å². The number of carbonyl (C=O) groups excluding carboxylic acids is 1. The second-order valence-electron chi connectivity index (χ2n) is 8.76. The van der Waals surface area contributed by atoms with Crippen LogP contribution in [0.5, 0.6) is 0 Å². The van der Waals surface area contributed by atoms with Gasteiger partial charge in [-0.25, -0.2) is 4.39 Å². The number of hydrogen-bond acceptors (Lipinski definition) is 4. The molecule has 0 bridgehead atoms. The Labute approximate surface area is 149 Å². The molecule has 2 fully saturated rings. The largest absolute Gasteiger partial charge is 0.460 e. The van der Waals surface area contributed by atoms with Crippen LogP contribution in [0.2, 0.25) is 0 Å². The highest BCUT2D eigenvalue weighted by molar-refractivity contribution is 5.70. The summed E-state index contributed by atoms with van der Waals surface area (Å²) in [4.78, 5) is 14.1. The number of nitrogens with two attached hydrogens (primary N) is 1. The maximum absolute atomic E-state index is 14.1. The summed E-state index contributed by atoms with van der Waals surface area (Å²) in [6.07, 6.45) is 4.81. The van der Waals surface area contributed by atoms with Gasteiger partial charge in [-0.1, -0.05) is 0 Å². The lowest BCUT2D eigenvalue weighted by Gasteiger charge is -2.52. The molecule has 1 aromatic carbocycles. The van der Waals surface area contributed by atoms with E-state index in [0.717, 1.165) is 38.8 Å². The van der Waals surface area contributed by atoms with Crippen LogP contribution in [0.15, 0.2) is 18.2 Å². The molecule has 4 nitrogen and oxygen atoms in total. The lowest BCUT2D eigenvalue weighted by molar-refractivity contribution is -0.158. The van der Waals surface area contributed by atoms with Gasteiger partial charge in [0.15, 0.2) is 0 Å². The van der Waals surface area contributed by atoms with E-state index in [1.807, 2.05) is 20.8 Å². The van der Waals surface area contributed by atoms with E-state index in [0.29, 0.717) is 29.1 Å². The van der Waals surface area contributed by atoms with Crippen LogP contribution in [0.1, 0.15) is 52.9 Å². The first-order valence-corrected chi connectivity index (χ1v) is 9.18. The van der Waals surface area contributed by atoms with Gasteiger partial charge in [-0.2, -0.15) is 0 Å². The van der Waals surface area contributed by atoms with E-state index < -0.39 is 5.60 Å². The maximum Gasteiger partial charge on any atom is 0.306 e. The second-order valence-corrected chi connectivity index (χ2v) is 8.76. The highest BCUT2D eigenvalue weighted by Crippen LogP contribution is 2.54. The molecule has 2 aliphatic rings. The summed E-state index contributed by atoms with van der Waals surface area (Å²) in [6, 6.07) is 4.91. The van der Waals surface area contributed by atoms with Gasteiger partial charge in [-0.05, 0) is 76.0 Å². The summed E-state index contributed by atoms with van der Waals surface area (Å²) in [5.41, 5.74) is 6.66. The van der Waals surface area contributed by atoms with Gasteiger partial charge in [-0.3, -0.25) is 4.79 Å². The van der Waals surface area contributed by atoms with Crippen molar-refractivity contribution in [1.29, 1.82) is 0 Å². The van der Waals surface area contributed by atoms with Crippen molar-refractivity contribution in [3.8, 4) is 0 Å². The Balaban J connectivity index is 1.48. The van der Waals surface area contributed by atoms with Crippen molar-refractivity contribution in [1.82, 2.24) is 0 Å². The fourth-order valence-electron chi connectivity index (χ4n) is 4.34. The van der Waals surface area contributed by atoms with Crippen LogP contribution in [-0.2, 0) is 9.53 Å². The van der Waals surface area contributed by atoms with Crippen molar-refractivity contribution in [2.24, 2.45) is 11.3 Å². The molecule has 25 heavy (non-hydrogen) atoms. The standard InChI is InChI=1S/C20H29FN2O2/c1-19(2,3)25-18(24)10-14-12-20(13-14)6-8-23(9-7-20)17-5-4-15(22)11-16(17)21/h4-5,11,14H,6-10,12-13,22H2,1-3H3. The highest BCUT2D eigenvalue weighted by Gasteiger charge is 2.46. The van der Waals surface area contributed by atoms with E-state index in [4.69, 9.17) is 10.5 Å². The molecule has 1 saturated carbocycles. The zero-order valence-corrected chi connectivity index (χ0v) is 15.5. The molecule has 1 heterocycles. The van der Waals surface area contributed by atoms with Gasteiger partial charge in [0.25, 0.3) is 0 Å². The fraction of sp³-hybridized carbons (Fsp3) is 0.650. The SMILES string of the molecule is CC(C)(C)OC(=O)CC1CC2(CCN(c3ccc(N)cc3F)CC2)C1. The highest BCUT2D eigenvalue weighted by atomic mass is 19.1. The minimum Gasteiger partial charge on any atom is -0.460 e. The molecular formula is C20H29FN2O2. The number of carbonyl (C=O) groups is 1. The van der Waals surface area contributed by atoms with Gasteiger partial charge < -0.3 is 15.4 Å². The van der Waals surface area contributed by atoms with Gasteiger partial charge in [0.1, 0.15) is 11.4 Å². The third kappa shape index (κ3) is 4.25. The van der Waals surface area contributed by atoms with Crippen molar-refractivity contribution < 1.29 is 13.9 Å². The van der Waals surface area contributed by atoms with E-state index in [-0.39, 0.29) is 11.8 Å². The first kappa shape index (κ1) is 18.0. The smallest absolute Gasteiger partial charge is 0.306 e. The average Bonchev–Trinajstić information content (AvgIpc) is 2.45. The number of halogens is 1. The minimum absolute atomic E-state index is 0.0891. The van der Waals surface area contributed by atoms with Crippen LogP contribution in [0.25, 0.3) is 0 Å². The third-order valence-corrected chi connectivity index (χ3v) is 5.46. The lowest BCUT2D eigenvalue weighted by Crippen LogP contribution is -2.48. The molecule has 5 heteroatoms. The topological polar surface area (TPSA) is 55.6 Å². The van der Waals surface area contributed by atoms with Crippen molar-refractivity contribution in [3.05, 3.63) is 24.0 Å². The predicted octanol–water partition coefficient (Wildman–Crippen LogP) is 4.14. The lowest BCUT2D eigenvalue weighted by atomic mass is 9.57. The average molecular weight is 348 g/mol. The molecule has 3 rings (SSSR count). The molecule has 1 saturated heterocycles. The third-order valence-electron chi connectivity index (χ3n) is 5.46. The maximum atomic E-state index is 14.1. The van der Waals surface area contributed by atoms with Crippen LogP contribution < -0.4 is 10.6 Å². The normalized spacial score (nSPS) is 20.4. The molecule has 1 spiro atoms. The van der Waals surface area contributed by atoms with Crippen LogP contribution in [0, 0.1) is 17.2 Å². The number of hydrogen-bond donors (Lipinski definition) is 1. The van der Waals surface area contributed by atoms with Crippen molar-refractivity contribution in [3.63, 3.8) is 0 Å². The number of anilines is 2. The van der Waals surface area contributed by atoms with E-state index in [2.05, 4.69) is 4.90 Å². The number of benzene rings is 1. The van der Waals surface area contributed by atoms with Crippen LogP contribution in [0.3, 0.4) is 0 Å². The van der Waals surface area contributed by atoms with Gasteiger partial charge in [0, 0.05) is 25.2 Å². The van der Waals surface area contributed by atoms with Gasteiger partial charge in [0.2, 0.25) is 0 Å². The molecule has 0 unspecified atom stereocenters. The van der Waals surface area contributed by atoms with Crippen LogP contribution in [0.4, 0.5) is 15.8 Å². The molecule has 0 amide bonds. The van der Waals surface area contributed by atoms with E-state index in [1.165, 1.54) is 6.07 Å². The molecule has 2 N–H and O–H groups in total. The summed E-state index contributed by atoms with van der Waals surface area (Å²) in [5, 5.41) is 0. The summed E-state index contributed by atoms with van der Waals surface area (Å²) in [7, 11) is 0. The Hall–Kier alpha value is -1.78. The molecule has 0 atom stereocenters. The molecule has 1 aliphatic heterocycles. The van der Waals surface area contributed by atoms with E-state index in [1.54, 1.807) is 12.1 Å². The molecule has 1 aliphatic carbocycles. The Morgan fingerprint density at radius 3 is 2.52 bits per heavy atom. The number of nitrogens with zero attached hydrogens (tertiary/aromatic N) is 1. The number of esters is 1. The first-order chi connectivity index (χ1) is 11.7. The number of ether oxygens (including phenoxy) is 1. The first-order valence-electron chi connectivity index (χ1n) is 9.18. The summed E-state index contributed by atoms with van der Waals surface area (Å²) < 4.78 is 19.5. The molecule has 1 aromatic rings. The van der Waals surface area contributed by atoms with E-state index in [9.17, 15) is 9.18 Å². The summed E-state index contributed by atoms with van der Waals surface area (Å²) >= 11 is 0. The summed E-state index contributed by atoms with van der Waals surface area (Å²) in [5.74, 6) is 0.107. The van der Waals surface area contributed by atoms with Crippen LogP contribution in [-0.4, -0.2) is 24.7 Å². The fourth-order valence-corrected chi connectivity index (χ4v) is 4.34. The monoisotopic (exact) mass is 348 g/mol. The van der Waals surface area contributed by atoms with Crippen molar-refractivity contribution in [2.45, 2.75) is 58.5 Å². The Morgan fingerprint density at radius 2 is 1.96 bits per heavy atom. The molecule has 138 valence electrons. The Bertz CT molecular complexity index is 638. The number of piperidine rings is 1. The zero-order valence-electron chi connectivity index (χ0n) is 15.5. The zero-order chi connectivity index (χ0) is 18.2. The predicted molar refractivity (Wildman–Crippen MR) is 97.9 cm³/mol. The van der Waals surface area contributed by atoms with E-state index >= 15 is 0 Å². The van der Waals surface area contributed by atoms with Crippen molar-refractivity contribution >= 4 is 17.3 Å². The molecule has 0 radical (unpaired) electrons. The van der Waals surface area contributed by atoms with Crippen molar-refractivity contribution in [2.75, 3.05) is 23.7 Å². The molecule has 0 aromatic heterocycles. The summed E-state index contributed by atoms with van der Waals surface area (Å²) in [6.45, 7) is 7.43. The van der Waals surface area contributed by atoms with Crippen LogP contribution >= 0.6 is 0 Å². The van der Waals surface area contributed by atoms with Gasteiger partial charge in [-0.15, -0.1) is 0 Å². The minimum atomic E-state index is -0.410. The number of rotatable bonds is 3. The Kier molecular flexibility index (Phi) is 4.69.